The molecule has 0 radical (unpaired) electrons. The molecular formula is C18H19N5O2. The summed E-state index contributed by atoms with van der Waals surface area (Å²) in [6.45, 7) is 2.71. The highest BCUT2D eigenvalue weighted by Gasteiger charge is 2.08. The maximum Gasteiger partial charge on any atom is 0.243 e. The molecule has 3 aromatic rings. The van der Waals surface area contributed by atoms with Crippen molar-refractivity contribution in [3.05, 3.63) is 71.5 Å². The predicted molar refractivity (Wildman–Crippen MR) is 91.6 cm³/mol. The molecule has 0 unspecified atom stereocenters. The van der Waals surface area contributed by atoms with Crippen LogP contribution in [0, 0.1) is 6.92 Å². The quantitative estimate of drug-likeness (QED) is 0.712. The van der Waals surface area contributed by atoms with Gasteiger partial charge in [0, 0.05) is 6.54 Å². The first-order valence-electron chi connectivity index (χ1n) is 7.96. The number of benzene rings is 2. The number of hydrogen-bond donors (Lipinski definition) is 1. The molecule has 0 atom stereocenters. The maximum atomic E-state index is 12.0. The van der Waals surface area contributed by atoms with Crippen LogP contribution in [-0.4, -0.2) is 26.1 Å². The molecule has 0 bridgehead atoms. The fourth-order valence-electron chi connectivity index (χ4n) is 2.25. The second-order valence-electron chi connectivity index (χ2n) is 5.54. The van der Waals surface area contributed by atoms with Gasteiger partial charge in [0.15, 0.2) is 6.61 Å². The van der Waals surface area contributed by atoms with Crippen LogP contribution in [-0.2, 0) is 24.5 Å². The summed E-state index contributed by atoms with van der Waals surface area (Å²) in [5, 5.41) is 14.8. The molecule has 1 N–H and O–H groups in total. The molecule has 0 aliphatic heterocycles. The van der Waals surface area contributed by atoms with Gasteiger partial charge in [0.1, 0.15) is 12.3 Å². The average molecular weight is 337 g/mol. The summed E-state index contributed by atoms with van der Waals surface area (Å²) in [5.74, 6) is 0.988. The number of para-hydroxylation sites is 1. The average Bonchev–Trinajstić information content (AvgIpc) is 3.07. The Kier molecular flexibility index (Phi) is 5.36. The van der Waals surface area contributed by atoms with Crippen molar-refractivity contribution in [1.29, 1.82) is 0 Å². The fourth-order valence-corrected chi connectivity index (χ4v) is 2.25. The first-order chi connectivity index (χ1) is 12.2. The molecule has 7 nitrogen and oxygen atoms in total. The van der Waals surface area contributed by atoms with Crippen LogP contribution in [0.3, 0.4) is 0 Å². The van der Waals surface area contributed by atoms with Crippen LogP contribution < -0.4 is 10.1 Å². The molecule has 7 heteroatoms. The molecule has 1 aromatic heterocycles. The summed E-state index contributed by atoms with van der Waals surface area (Å²) in [7, 11) is 0. The Morgan fingerprint density at radius 1 is 1.12 bits per heavy atom. The van der Waals surface area contributed by atoms with Crippen molar-refractivity contribution in [2.75, 3.05) is 0 Å². The molecule has 25 heavy (non-hydrogen) atoms. The maximum absolute atomic E-state index is 12.0. The Bertz CT molecular complexity index is 832. The van der Waals surface area contributed by atoms with Gasteiger partial charge < -0.3 is 10.1 Å². The number of ether oxygens (including phenoxy) is 1. The Morgan fingerprint density at radius 2 is 1.88 bits per heavy atom. The van der Waals surface area contributed by atoms with E-state index in [2.05, 4.69) is 20.7 Å². The third-order valence-electron chi connectivity index (χ3n) is 3.63. The third kappa shape index (κ3) is 4.87. The predicted octanol–water partition coefficient (Wildman–Crippen LogP) is 1.88. The first kappa shape index (κ1) is 16.6. The molecule has 1 heterocycles. The minimum Gasteiger partial charge on any atom is -0.485 e. The highest BCUT2D eigenvalue weighted by Crippen LogP contribution is 2.09. The first-order valence-corrected chi connectivity index (χ1v) is 7.96. The van der Waals surface area contributed by atoms with Crippen LogP contribution in [0.25, 0.3) is 0 Å². The van der Waals surface area contributed by atoms with Crippen molar-refractivity contribution in [1.82, 2.24) is 25.5 Å². The second kappa shape index (κ2) is 8.05. The molecule has 0 aliphatic rings. The highest BCUT2D eigenvalue weighted by atomic mass is 16.5. The van der Waals surface area contributed by atoms with E-state index in [0.717, 1.165) is 16.9 Å². The van der Waals surface area contributed by atoms with Gasteiger partial charge in [-0.2, -0.15) is 4.80 Å². The van der Waals surface area contributed by atoms with Crippen LogP contribution in [0.1, 0.15) is 17.0 Å². The lowest BCUT2D eigenvalue weighted by atomic mass is 10.1. The van der Waals surface area contributed by atoms with Crippen molar-refractivity contribution >= 4 is 5.91 Å². The van der Waals surface area contributed by atoms with Crippen molar-refractivity contribution in [2.45, 2.75) is 26.6 Å². The number of hydrogen-bond acceptors (Lipinski definition) is 5. The Morgan fingerprint density at radius 3 is 2.68 bits per heavy atom. The number of nitrogens with zero attached hydrogens (tertiary/aromatic N) is 4. The Labute approximate surface area is 145 Å². The Balaban J connectivity index is 1.47. The second-order valence-corrected chi connectivity index (χ2v) is 5.54. The van der Waals surface area contributed by atoms with E-state index in [0.29, 0.717) is 12.4 Å². The number of aromatic nitrogens is 4. The van der Waals surface area contributed by atoms with Gasteiger partial charge in [-0.1, -0.05) is 42.5 Å². The number of rotatable bonds is 7. The van der Waals surface area contributed by atoms with Gasteiger partial charge in [-0.15, -0.1) is 10.2 Å². The highest BCUT2D eigenvalue weighted by molar-refractivity contribution is 5.75. The van der Waals surface area contributed by atoms with Gasteiger partial charge in [-0.05, 0) is 35.4 Å². The molecule has 0 saturated heterocycles. The van der Waals surface area contributed by atoms with E-state index < -0.39 is 0 Å². The van der Waals surface area contributed by atoms with E-state index in [4.69, 9.17) is 4.74 Å². The standard InChI is InChI=1S/C18H19N5O2/c1-14-7-5-6-8-15(14)11-19-18(24)12-23-21-17(20-22-23)13-25-16-9-3-2-4-10-16/h2-10H,11-13H2,1H3,(H,19,24). The lowest BCUT2D eigenvalue weighted by Gasteiger charge is -2.07. The number of aryl methyl sites for hydroxylation is 1. The largest absolute Gasteiger partial charge is 0.485 e. The molecule has 0 fully saturated rings. The molecule has 2 aromatic carbocycles. The molecule has 1 amide bonds. The van der Waals surface area contributed by atoms with E-state index in [1.807, 2.05) is 61.5 Å². The molecule has 128 valence electrons. The van der Waals surface area contributed by atoms with E-state index in [1.54, 1.807) is 0 Å². The van der Waals surface area contributed by atoms with Crippen LogP contribution in [0.2, 0.25) is 0 Å². The number of amides is 1. The third-order valence-corrected chi connectivity index (χ3v) is 3.63. The van der Waals surface area contributed by atoms with E-state index in [9.17, 15) is 4.79 Å². The smallest absolute Gasteiger partial charge is 0.243 e. The van der Waals surface area contributed by atoms with Gasteiger partial charge in [0.25, 0.3) is 0 Å². The number of carbonyl (C=O) groups excluding carboxylic acids is 1. The number of carbonyl (C=O) groups is 1. The van der Waals surface area contributed by atoms with Gasteiger partial charge in [0.2, 0.25) is 11.7 Å². The van der Waals surface area contributed by atoms with Crippen LogP contribution in [0.4, 0.5) is 0 Å². The van der Waals surface area contributed by atoms with Crippen molar-refractivity contribution in [3.63, 3.8) is 0 Å². The van der Waals surface area contributed by atoms with Crippen molar-refractivity contribution in [3.8, 4) is 5.75 Å². The molecule has 3 rings (SSSR count). The minimum absolute atomic E-state index is 0.0181. The summed E-state index contributed by atoms with van der Waals surface area (Å²) < 4.78 is 5.55. The zero-order chi connectivity index (χ0) is 17.5. The van der Waals surface area contributed by atoms with Crippen LogP contribution >= 0.6 is 0 Å². The minimum atomic E-state index is -0.170. The molecule has 0 aliphatic carbocycles. The zero-order valence-electron chi connectivity index (χ0n) is 13.9. The van der Waals surface area contributed by atoms with Crippen molar-refractivity contribution in [2.24, 2.45) is 0 Å². The number of nitrogens with one attached hydrogen (secondary N) is 1. The normalized spacial score (nSPS) is 10.4. The fraction of sp³-hybridized carbons (Fsp3) is 0.222. The SMILES string of the molecule is Cc1ccccc1CNC(=O)Cn1nnc(COc2ccccc2)n1. The summed E-state index contributed by atoms with van der Waals surface area (Å²) in [6.07, 6.45) is 0. The van der Waals surface area contributed by atoms with E-state index >= 15 is 0 Å². The van der Waals surface area contributed by atoms with Crippen LogP contribution in [0.15, 0.2) is 54.6 Å². The molecule has 0 saturated carbocycles. The topological polar surface area (TPSA) is 81.9 Å². The summed E-state index contributed by atoms with van der Waals surface area (Å²) >= 11 is 0. The summed E-state index contributed by atoms with van der Waals surface area (Å²) in [4.78, 5) is 13.3. The monoisotopic (exact) mass is 337 g/mol. The Hall–Kier alpha value is -3.22. The van der Waals surface area contributed by atoms with Gasteiger partial charge in [-0.3, -0.25) is 4.79 Å². The van der Waals surface area contributed by atoms with E-state index in [1.165, 1.54) is 4.80 Å². The zero-order valence-corrected chi connectivity index (χ0v) is 13.9. The van der Waals surface area contributed by atoms with Gasteiger partial charge in [0.05, 0.1) is 0 Å². The molecular weight excluding hydrogens is 318 g/mol. The van der Waals surface area contributed by atoms with Gasteiger partial charge in [-0.25, -0.2) is 0 Å². The van der Waals surface area contributed by atoms with Crippen LogP contribution in [0.5, 0.6) is 5.75 Å². The van der Waals surface area contributed by atoms with Crippen molar-refractivity contribution < 1.29 is 9.53 Å². The summed E-state index contributed by atoms with van der Waals surface area (Å²) in [6, 6.07) is 17.3. The molecule has 0 spiro atoms. The summed E-state index contributed by atoms with van der Waals surface area (Å²) in [5.41, 5.74) is 2.22. The number of tetrazole rings is 1. The lowest BCUT2D eigenvalue weighted by Crippen LogP contribution is -2.28. The lowest BCUT2D eigenvalue weighted by molar-refractivity contribution is -0.122. The van der Waals surface area contributed by atoms with E-state index in [-0.39, 0.29) is 19.1 Å². The van der Waals surface area contributed by atoms with Gasteiger partial charge >= 0.3 is 0 Å².